The number of hydrogen-bond donors (Lipinski definition) is 1. The van der Waals surface area contributed by atoms with Crippen LogP contribution in [-0.4, -0.2) is 58.8 Å². The van der Waals surface area contributed by atoms with Gasteiger partial charge in [-0.25, -0.2) is 9.78 Å². The minimum atomic E-state index is -4.47. The number of rotatable bonds is 5. The van der Waals surface area contributed by atoms with Crippen LogP contribution in [0.25, 0.3) is 22.4 Å². The third kappa shape index (κ3) is 4.71. The number of hydrogen-bond acceptors (Lipinski definition) is 6. The van der Waals surface area contributed by atoms with Crippen LogP contribution in [0.5, 0.6) is 0 Å². The number of carbonyl (C=O) groups excluding carboxylic acids is 1. The van der Waals surface area contributed by atoms with Crippen molar-refractivity contribution in [2.45, 2.75) is 32.9 Å². The number of nitrogens with zero attached hydrogens (tertiary/aromatic N) is 5. The molecule has 1 saturated heterocycles. The van der Waals surface area contributed by atoms with E-state index in [0.29, 0.717) is 56.2 Å². The Labute approximate surface area is 188 Å². The van der Waals surface area contributed by atoms with Crippen molar-refractivity contribution in [1.29, 1.82) is 0 Å². The monoisotopic (exact) mass is 462 g/mol. The van der Waals surface area contributed by atoms with E-state index in [1.54, 1.807) is 11.0 Å². The summed E-state index contributed by atoms with van der Waals surface area (Å²) >= 11 is 0. The molecule has 0 radical (unpaired) electrons. The number of alkyl halides is 3. The van der Waals surface area contributed by atoms with Gasteiger partial charge >= 0.3 is 12.2 Å². The summed E-state index contributed by atoms with van der Waals surface area (Å²) in [6, 6.07) is 4.85. The Bertz CT molecular complexity index is 1140. The van der Waals surface area contributed by atoms with Crippen LogP contribution < -0.4 is 10.2 Å². The number of piperazine rings is 1. The van der Waals surface area contributed by atoms with Gasteiger partial charge in [0.05, 0.1) is 5.56 Å². The van der Waals surface area contributed by atoms with Crippen molar-refractivity contribution in [2.24, 2.45) is 0 Å². The van der Waals surface area contributed by atoms with E-state index in [4.69, 9.17) is 9.51 Å². The van der Waals surface area contributed by atoms with Gasteiger partial charge in [0.15, 0.2) is 0 Å². The third-order valence-electron chi connectivity index (χ3n) is 5.49. The highest BCUT2D eigenvalue weighted by Crippen LogP contribution is 2.37. The number of amides is 2. The number of fused-ring (bicyclic) bond motifs is 1. The summed E-state index contributed by atoms with van der Waals surface area (Å²) in [5.74, 6) is 1.14. The molecule has 0 spiro atoms. The number of urea groups is 1. The standard InChI is InChI=1S/C22H25F3N6O2/c1-3-6-16-27-19(30-9-11-31(12-10-30)21(32)26-4-2)17-18(29-33-20(17)28-16)14-7-5-8-15(13-14)22(23,24)25/h5,7-8,13H,3-4,6,9-12H2,1-2H3,(H,26,32). The fourth-order valence-electron chi connectivity index (χ4n) is 3.87. The minimum Gasteiger partial charge on any atom is -0.352 e. The molecule has 3 aromatic rings. The molecule has 0 bridgehead atoms. The zero-order valence-electron chi connectivity index (χ0n) is 18.4. The molecule has 1 aliphatic heterocycles. The summed E-state index contributed by atoms with van der Waals surface area (Å²) in [6.45, 7) is 6.43. The van der Waals surface area contributed by atoms with E-state index >= 15 is 0 Å². The van der Waals surface area contributed by atoms with Crippen LogP contribution >= 0.6 is 0 Å². The molecule has 8 nitrogen and oxygen atoms in total. The lowest BCUT2D eigenvalue weighted by atomic mass is 10.1. The van der Waals surface area contributed by atoms with Crippen molar-refractivity contribution >= 4 is 22.9 Å². The van der Waals surface area contributed by atoms with Crippen LogP contribution in [0.15, 0.2) is 28.8 Å². The molecule has 0 atom stereocenters. The first kappa shape index (κ1) is 22.8. The molecule has 33 heavy (non-hydrogen) atoms. The Kier molecular flexibility index (Phi) is 6.39. The van der Waals surface area contributed by atoms with E-state index in [1.807, 2.05) is 18.7 Å². The lowest BCUT2D eigenvalue weighted by Crippen LogP contribution is -2.52. The molecule has 0 aliphatic carbocycles. The number of benzene rings is 1. The van der Waals surface area contributed by atoms with Crippen molar-refractivity contribution in [2.75, 3.05) is 37.6 Å². The maximum atomic E-state index is 13.3. The van der Waals surface area contributed by atoms with Gasteiger partial charge in [0.2, 0.25) is 0 Å². The zero-order valence-corrected chi connectivity index (χ0v) is 18.4. The van der Waals surface area contributed by atoms with Crippen LogP contribution in [0, 0.1) is 0 Å². The fraction of sp³-hybridized carbons (Fsp3) is 0.455. The van der Waals surface area contributed by atoms with E-state index < -0.39 is 11.7 Å². The van der Waals surface area contributed by atoms with E-state index in [0.717, 1.165) is 18.6 Å². The number of halogens is 3. The first-order valence-electron chi connectivity index (χ1n) is 10.9. The summed E-state index contributed by atoms with van der Waals surface area (Å²) in [6.07, 6.45) is -3.02. The van der Waals surface area contributed by atoms with Gasteiger partial charge in [-0.1, -0.05) is 24.2 Å². The molecule has 11 heteroatoms. The molecule has 1 N–H and O–H groups in total. The maximum Gasteiger partial charge on any atom is 0.416 e. The van der Waals surface area contributed by atoms with Crippen molar-refractivity contribution < 1.29 is 22.5 Å². The van der Waals surface area contributed by atoms with Crippen LogP contribution in [0.4, 0.5) is 23.8 Å². The van der Waals surface area contributed by atoms with Gasteiger partial charge in [-0.05, 0) is 25.5 Å². The summed E-state index contributed by atoms with van der Waals surface area (Å²) < 4.78 is 45.3. The van der Waals surface area contributed by atoms with Gasteiger partial charge in [-0.2, -0.15) is 18.2 Å². The molecule has 1 fully saturated rings. The predicted octanol–water partition coefficient (Wildman–Crippen LogP) is 4.11. The van der Waals surface area contributed by atoms with Gasteiger partial charge in [0, 0.05) is 44.7 Å². The van der Waals surface area contributed by atoms with Gasteiger partial charge in [-0.15, -0.1) is 0 Å². The summed E-state index contributed by atoms with van der Waals surface area (Å²) in [5, 5.41) is 7.33. The van der Waals surface area contributed by atoms with Crippen molar-refractivity contribution in [1.82, 2.24) is 25.3 Å². The lowest BCUT2D eigenvalue weighted by molar-refractivity contribution is -0.137. The van der Waals surface area contributed by atoms with Gasteiger partial charge in [-0.3, -0.25) is 0 Å². The number of aryl methyl sites for hydroxylation is 1. The van der Waals surface area contributed by atoms with E-state index in [2.05, 4.69) is 15.5 Å². The Morgan fingerprint density at radius 3 is 2.58 bits per heavy atom. The average molecular weight is 462 g/mol. The van der Waals surface area contributed by atoms with E-state index in [-0.39, 0.29) is 23.0 Å². The van der Waals surface area contributed by atoms with E-state index in [9.17, 15) is 18.0 Å². The summed E-state index contributed by atoms with van der Waals surface area (Å²) in [7, 11) is 0. The molecule has 4 rings (SSSR count). The molecule has 176 valence electrons. The second kappa shape index (κ2) is 9.24. The number of nitrogens with one attached hydrogen (secondary N) is 1. The summed E-state index contributed by atoms with van der Waals surface area (Å²) in [5.41, 5.74) is 0.0109. The van der Waals surface area contributed by atoms with Crippen molar-refractivity contribution in [3.05, 3.63) is 35.7 Å². The molecular weight excluding hydrogens is 437 g/mol. The Balaban J connectivity index is 1.74. The van der Waals surface area contributed by atoms with E-state index in [1.165, 1.54) is 6.07 Å². The zero-order chi connectivity index (χ0) is 23.6. The Morgan fingerprint density at radius 2 is 1.91 bits per heavy atom. The first-order chi connectivity index (χ1) is 15.8. The molecule has 1 aliphatic rings. The summed E-state index contributed by atoms with van der Waals surface area (Å²) in [4.78, 5) is 25.1. The highest BCUT2D eigenvalue weighted by molar-refractivity contribution is 5.98. The fourth-order valence-corrected chi connectivity index (χ4v) is 3.87. The molecule has 1 aromatic carbocycles. The van der Waals surface area contributed by atoms with Crippen molar-refractivity contribution in [3.8, 4) is 11.3 Å². The Morgan fingerprint density at radius 1 is 1.15 bits per heavy atom. The molecule has 2 aromatic heterocycles. The number of aromatic nitrogens is 3. The predicted molar refractivity (Wildman–Crippen MR) is 117 cm³/mol. The largest absolute Gasteiger partial charge is 0.416 e. The SMILES string of the molecule is CCCc1nc(N2CCN(C(=O)NCC)CC2)c2c(-c3cccc(C(F)(F)F)c3)noc2n1. The second-order valence-electron chi connectivity index (χ2n) is 7.81. The minimum absolute atomic E-state index is 0.119. The van der Waals surface area contributed by atoms with Crippen LogP contribution in [0.3, 0.4) is 0 Å². The molecule has 0 unspecified atom stereocenters. The van der Waals surface area contributed by atoms with Gasteiger partial charge < -0.3 is 19.6 Å². The van der Waals surface area contributed by atoms with Gasteiger partial charge in [0.25, 0.3) is 5.71 Å². The van der Waals surface area contributed by atoms with Crippen LogP contribution in [-0.2, 0) is 12.6 Å². The number of carbonyl (C=O) groups is 1. The maximum absolute atomic E-state index is 13.3. The lowest BCUT2D eigenvalue weighted by Gasteiger charge is -2.35. The molecule has 2 amide bonds. The second-order valence-corrected chi connectivity index (χ2v) is 7.81. The first-order valence-corrected chi connectivity index (χ1v) is 10.9. The van der Waals surface area contributed by atoms with Gasteiger partial charge in [0.1, 0.15) is 22.7 Å². The smallest absolute Gasteiger partial charge is 0.352 e. The average Bonchev–Trinajstić information content (AvgIpc) is 3.23. The van der Waals surface area contributed by atoms with Crippen LogP contribution in [0.2, 0.25) is 0 Å². The topological polar surface area (TPSA) is 87.4 Å². The normalized spacial score (nSPS) is 14.7. The highest BCUT2D eigenvalue weighted by atomic mass is 19.4. The third-order valence-corrected chi connectivity index (χ3v) is 5.49. The molecular formula is C22H25F3N6O2. The van der Waals surface area contributed by atoms with Crippen molar-refractivity contribution in [3.63, 3.8) is 0 Å². The quantitative estimate of drug-likeness (QED) is 0.614. The Hall–Kier alpha value is -3.37. The van der Waals surface area contributed by atoms with Crippen LogP contribution in [0.1, 0.15) is 31.7 Å². The number of anilines is 1. The molecule has 0 saturated carbocycles. The molecule has 3 heterocycles. The highest BCUT2D eigenvalue weighted by Gasteiger charge is 2.32.